The van der Waals surface area contributed by atoms with Crippen molar-refractivity contribution in [2.45, 2.75) is 6.54 Å². The molecule has 0 N–H and O–H groups in total. The minimum absolute atomic E-state index is 0.255. The number of aromatic nitrogens is 2. The topological polar surface area (TPSA) is 17.8 Å². The average molecular weight is 287 g/mol. The lowest BCUT2D eigenvalue weighted by molar-refractivity contribution is 0.619. The van der Waals surface area contributed by atoms with Gasteiger partial charge < -0.3 is 0 Å². The maximum absolute atomic E-state index is 13.2. The second kappa shape index (κ2) is 5.47. The second-order valence-corrected chi connectivity index (χ2v) is 4.89. The third-order valence-electron chi connectivity index (χ3n) is 3.02. The van der Waals surface area contributed by atoms with Crippen molar-refractivity contribution in [1.82, 2.24) is 9.78 Å². The highest BCUT2D eigenvalue weighted by molar-refractivity contribution is 6.29. The summed E-state index contributed by atoms with van der Waals surface area (Å²) in [5.41, 5.74) is 2.65. The molecule has 0 unspecified atom stereocenters. The minimum Gasteiger partial charge on any atom is -0.249 e. The average Bonchev–Trinajstić information content (AvgIpc) is 2.81. The Labute approximate surface area is 121 Å². The predicted octanol–water partition coefficient (Wildman–Crippen LogP) is 4.39. The van der Waals surface area contributed by atoms with E-state index in [1.807, 2.05) is 42.5 Å². The molecule has 3 aromatic rings. The van der Waals surface area contributed by atoms with Crippen LogP contribution in [0.5, 0.6) is 0 Å². The van der Waals surface area contributed by atoms with E-state index in [0.717, 1.165) is 16.8 Å². The van der Waals surface area contributed by atoms with Gasteiger partial charge in [-0.25, -0.2) is 9.07 Å². The quantitative estimate of drug-likeness (QED) is 0.698. The largest absolute Gasteiger partial charge is 0.249 e. The van der Waals surface area contributed by atoms with E-state index in [1.54, 1.807) is 10.7 Å². The van der Waals surface area contributed by atoms with E-state index in [9.17, 15) is 4.39 Å². The molecule has 0 amide bonds. The molecule has 0 fully saturated rings. The van der Waals surface area contributed by atoms with Crippen LogP contribution in [0.15, 0.2) is 60.7 Å². The van der Waals surface area contributed by atoms with Gasteiger partial charge in [-0.05, 0) is 17.7 Å². The van der Waals surface area contributed by atoms with Crippen molar-refractivity contribution in [3.63, 3.8) is 0 Å². The van der Waals surface area contributed by atoms with Crippen molar-refractivity contribution in [2.75, 3.05) is 0 Å². The molecule has 0 atom stereocenters. The second-order valence-electron chi connectivity index (χ2n) is 4.51. The molecule has 4 heteroatoms. The van der Waals surface area contributed by atoms with Gasteiger partial charge in [-0.15, -0.1) is 0 Å². The normalized spacial score (nSPS) is 10.7. The predicted molar refractivity (Wildman–Crippen MR) is 78.2 cm³/mol. The van der Waals surface area contributed by atoms with E-state index in [0.29, 0.717) is 11.7 Å². The van der Waals surface area contributed by atoms with Gasteiger partial charge in [0.25, 0.3) is 0 Å². The molecule has 0 aliphatic heterocycles. The highest BCUT2D eigenvalue weighted by Crippen LogP contribution is 2.22. The Balaban J connectivity index is 1.90. The van der Waals surface area contributed by atoms with Gasteiger partial charge in [-0.3, -0.25) is 0 Å². The number of hydrogen-bond acceptors (Lipinski definition) is 1. The smallest absolute Gasteiger partial charge is 0.128 e. The van der Waals surface area contributed by atoms with Gasteiger partial charge in [-0.1, -0.05) is 54.1 Å². The Morgan fingerprint density at radius 2 is 1.80 bits per heavy atom. The zero-order valence-electron chi connectivity index (χ0n) is 10.6. The molecule has 1 aromatic heterocycles. The number of hydrogen-bond donors (Lipinski definition) is 0. The Morgan fingerprint density at radius 3 is 2.55 bits per heavy atom. The Hall–Kier alpha value is -2.13. The molecule has 2 aromatic carbocycles. The Kier molecular flexibility index (Phi) is 3.52. The lowest BCUT2D eigenvalue weighted by Gasteiger charge is -2.03. The SMILES string of the molecule is Fc1cccc(Cn2nc(-c3ccccc3)cc2Cl)c1. The first kappa shape index (κ1) is 12.9. The Bertz CT molecular complexity index is 722. The summed E-state index contributed by atoms with van der Waals surface area (Å²) in [6.07, 6.45) is 0. The summed E-state index contributed by atoms with van der Waals surface area (Å²) in [7, 11) is 0. The fraction of sp³-hybridized carbons (Fsp3) is 0.0625. The molecular formula is C16H12ClFN2. The molecular weight excluding hydrogens is 275 g/mol. The van der Waals surface area contributed by atoms with Crippen LogP contribution < -0.4 is 0 Å². The van der Waals surface area contributed by atoms with Crippen molar-refractivity contribution in [3.8, 4) is 11.3 Å². The summed E-state index contributed by atoms with van der Waals surface area (Å²) in [4.78, 5) is 0. The van der Waals surface area contributed by atoms with Gasteiger partial charge in [0, 0.05) is 11.6 Å². The van der Waals surface area contributed by atoms with Crippen LogP contribution in [0.2, 0.25) is 5.15 Å². The molecule has 1 heterocycles. The van der Waals surface area contributed by atoms with E-state index >= 15 is 0 Å². The maximum Gasteiger partial charge on any atom is 0.128 e. The molecule has 3 rings (SSSR count). The van der Waals surface area contributed by atoms with E-state index < -0.39 is 0 Å². The molecule has 0 radical (unpaired) electrons. The summed E-state index contributed by atoms with van der Waals surface area (Å²) < 4.78 is 14.8. The maximum atomic E-state index is 13.2. The van der Waals surface area contributed by atoms with Crippen molar-refractivity contribution in [3.05, 3.63) is 77.2 Å². The van der Waals surface area contributed by atoms with Gasteiger partial charge in [0.15, 0.2) is 0 Å². The summed E-state index contributed by atoms with van der Waals surface area (Å²) in [6.45, 7) is 0.448. The lowest BCUT2D eigenvalue weighted by Crippen LogP contribution is -2.02. The van der Waals surface area contributed by atoms with Gasteiger partial charge in [0.1, 0.15) is 11.0 Å². The zero-order chi connectivity index (χ0) is 13.9. The van der Waals surface area contributed by atoms with E-state index in [2.05, 4.69) is 5.10 Å². The van der Waals surface area contributed by atoms with Crippen LogP contribution in [-0.2, 0) is 6.54 Å². The van der Waals surface area contributed by atoms with Crippen LogP contribution in [0.25, 0.3) is 11.3 Å². The Morgan fingerprint density at radius 1 is 1.00 bits per heavy atom. The number of rotatable bonds is 3. The standard InChI is InChI=1S/C16H12ClFN2/c17-16-10-15(13-6-2-1-3-7-13)19-20(16)11-12-5-4-8-14(18)9-12/h1-10H,11H2. The lowest BCUT2D eigenvalue weighted by atomic mass is 10.2. The van der Waals surface area contributed by atoms with Crippen molar-refractivity contribution >= 4 is 11.6 Å². The van der Waals surface area contributed by atoms with E-state index in [1.165, 1.54) is 12.1 Å². The van der Waals surface area contributed by atoms with Crippen molar-refractivity contribution in [1.29, 1.82) is 0 Å². The molecule has 0 aliphatic carbocycles. The van der Waals surface area contributed by atoms with Crippen LogP contribution in [-0.4, -0.2) is 9.78 Å². The summed E-state index contributed by atoms with van der Waals surface area (Å²) in [5.74, 6) is -0.255. The summed E-state index contributed by atoms with van der Waals surface area (Å²) in [6, 6.07) is 18.1. The zero-order valence-corrected chi connectivity index (χ0v) is 11.4. The summed E-state index contributed by atoms with van der Waals surface area (Å²) in [5, 5.41) is 5.00. The van der Waals surface area contributed by atoms with Crippen LogP contribution >= 0.6 is 11.6 Å². The first-order valence-corrected chi connectivity index (χ1v) is 6.63. The molecule has 0 aliphatic rings. The molecule has 20 heavy (non-hydrogen) atoms. The van der Waals surface area contributed by atoms with Gasteiger partial charge in [-0.2, -0.15) is 5.10 Å². The summed E-state index contributed by atoms with van der Waals surface area (Å²) >= 11 is 6.19. The first-order chi connectivity index (χ1) is 9.72. The fourth-order valence-electron chi connectivity index (χ4n) is 2.06. The van der Waals surface area contributed by atoms with Crippen LogP contribution in [0, 0.1) is 5.82 Å². The number of halogens is 2. The third kappa shape index (κ3) is 2.73. The van der Waals surface area contributed by atoms with Crippen LogP contribution in [0.4, 0.5) is 4.39 Å². The third-order valence-corrected chi connectivity index (χ3v) is 3.33. The van der Waals surface area contributed by atoms with Crippen LogP contribution in [0.3, 0.4) is 0 Å². The first-order valence-electron chi connectivity index (χ1n) is 6.25. The highest BCUT2D eigenvalue weighted by Gasteiger charge is 2.08. The monoisotopic (exact) mass is 286 g/mol. The van der Waals surface area contributed by atoms with E-state index in [-0.39, 0.29) is 5.82 Å². The molecule has 0 spiro atoms. The molecule has 100 valence electrons. The minimum atomic E-state index is -0.255. The van der Waals surface area contributed by atoms with Gasteiger partial charge in [0.2, 0.25) is 0 Å². The fourth-order valence-corrected chi connectivity index (χ4v) is 2.26. The van der Waals surface area contributed by atoms with Crippen molar-refractivity contribution < 1.29 is 4.39 Å². The number of benzene rings is 2. The molecule has 0 saturated heterocycles. The number of nitrogens with zero attached hydrogens (tertiary/aromatic N) is 2. The molecule has 0 bridgehead atoms. The van der Waals surface area contributed by atoms with E-state index in [4.69, 9.17) is 11.6 Å². The van der Waals surface area contributed by atoms with Crippen molar-refractivity contribution in [2.24, 2.45) is 0 Å². The highest BCUT2D eigenvalue weighted by atomic mass is 35.5. The van der Waals surface area contributed by atoms with Crippen LogP contribution in [0.1, 0.15) is 5.56 Å². The van der Waals surface area contributed by atoms with Gasteiger partial charge in [0.05, 0.1) is 12.2 Å². The molecule has 0 saturated carbocycles. The molecule has 2 nitrogen and oxygen atoms in total. The van der Waals surface area contributed by atoms with Gasteiger partial charge >= 0.3 is 0 Å².